The zero-order chi connectivity index (χ0) is 23.7. The second-order valence-corrected chi connectivity index (χ2v) is 9.46. The molecule has 10 nitrogen and oxygen atoms in total. The van der Waals surface area contributed by atoms with E-state index in [1.807, 2.05) is 27.8 Å². The van der Waals surface area contributed by atoms with Gasteiger partial charge < -0.3 is 20.8 Å². The Bertz CT molecular complexity index is 1160. The van der Waals surface area contributed by atoms with Crippen molar-refractivity contribution >= 4 is 22.8 Å². The number of phenols is 1. The van der Waals surface area contributed by atoms with Gasteiger partial charge in [-0.3, -0.25) is 14.4 Å². The lowest BCUT2D eigenvalue weighted by atomic mass is 9.94. The second-order valence-electron chi connectivity index (χ2n) is 9.46. The number of nitrogens with zero attached hydrogens (tertiary/aromatic N) is 6. The Morgan fingerprint density at radius 1 is 1.03 bits per heavy atom. The first-order chi connectivity index (χ1) is 16.5. The third kappa shape index (κ3) is 4.69. The topological polar surface area (TPSA) is 134 Å². The fourth-order valence-corrected chi connectivity index (χ4v) is 5.29. The third-order valence-electron chi connectivity index (χ3n) is 7.14. The van der Waals surface area contributed by atoms with E-state index >= 15 is 0 Å². The van der Waals surface area contributed by atoms with Crippen LogP contribution in [0.15, 0.2) is 30.3 Å². The fourth-order valence-electron chi connectivity index (χ4n) is 5.29. The number of carboxylic acids is 1. The quantitative estimate of drug-likeness (QED) is 0.501. The number of aromatic nitrogens is 4. The van der Waals surface area contributed by atoms with Gasteiger partial charge >= 0.3 is 5.97 Å². The summed E-state index contributed by atoms with van der Waals surface area (Å²) in [6.45, 7) is 4.93. The number of aliphatic carboxylic acids is 1. The van der Waals surface area contributed by atoms with Gasteiger partial charge in [0.1, 0.15) is 5.75 Å². The Hall–Kier alpha value is -3.24. The van der Waals surface area contributed by atoms with Crippen molar-refractivity contribution in [3.8, 4) is 17.0 Å². The van der Waals surface area contributed by atoms with E-state index in [4.69, 9.17) is 10.8 Å². The molecular weight excluding hydrogens is 434 g/mol. The molecule has 0 unspecified atom stereocenters. The molecule has 0 saturated carbocycles. The maximum Gasteiger partial charge on any atom is 0.317 e. The van der Waals surface area contributed by atoms with Gasteiger partial charge in [-0.2, -0.15) is 5.10 Å². The van der Waals surface area contributed by atoms with Gasteiger partial charge in [0, 0.05) is 25.2 Å². The number of likely N-dealkylation sites (tertiary alicyclic amines) is 2. The number of carboxylic acid groups (broad SMARTS) is 1. The van der Waals surface area contributed by atoms with E-state index in [0.717, 1.165) is 63.9 Å². The van der Waals surface area contributed by atoms with Crippen LogP contribution in [-0.2, 0) is 4.79 Å². The summed E-state index contributed by atoms with van der Waals surface area (Å²) >= 11 is 0. The molecule has 4 N–H and O–H groups in total. The van der Waals surface area contributed by atoms with E-state index in [9.17, 15) is 9.90 Å². The molecule has 2 aromatic heterocycles. The van der Waals surface area contributed by atoms with Crippen molar-refractivity contribution in [3.63, 3.8) is 0 Å². The molecule has 0 aliphatic carbocycles. The van der Waals surface area contributed by atoms with Crippen LogP contribution in [-0.4, -0.2) is 85.2 Å². The molecular formula is C24H31N7O3. The summed E-state index contributed by atoms with van der Waals surface area (Å²) in [5.41, 5.74) is 8.82. The second kappa shape index (κ2) is 9.55. The molecule has 2 aliphatic heterocycles. The number of benzene rings is 1. The van der Waals surface area contributed by atoms with Gasteiger partial charge in [-0.05, 0) is 62.9 Å². The number of aromatic hydroxyl groups is 1. The average molecular weight is 466 g/mol. The van der Waals surface area contributed by atoms with Gasteiger partial charge in [-0.15, -0.1) is 10.2 Å². The summed E-state index contributed by atoms with van der Waals surface area (Å²) in [6, 6.07) is 9.24. The van der Waals surface area contributed by atoms with Crippen LogP contribution in [0, 0.1) is 5.92 Å². The van der Waals surface area contributed by atoms with Crippen LogP contribution in [0.25, 0.3) is 22.3 Å². The number of nitrogens with two attached hydrogens (primary N) is 1. The van der Waals surface area contributed by atoms with Crippen molar-refractivity contribution in [2.45, 2.75) is 31.7 Å². The minimum atomic E-state index is -0.744. The van der Waals surface area contributed by atoms with Crippen molar-refractivity contribution in [3.05, 3.63) is 30.3 Å². The maximum atomic E-state index is 10.9. The summed E-state index contributed by atoms with van der Waals surface area (Å²) in [6.07, 6.45) is 4.06. The Morgan fingerprint density at radius 2 is 1.74 bits per heavy atom. The molecule has 34 heavy (non-hydrogen) atoms. The maximum absolute atomic E-state index is 10.9. The predicted octanol–water partition coefficient (Wildman–Crippen LogP) is 2.21. The van der Waals surface area contributed by atoms with Crippen molar-refractivity contribution in [2.24, 2.45) is 5.92 Å². The monoisotopic (exact) mass is 465 g/mol. The van der Waals surface area contributed by atoms with Gasteiger partial charge in [0.05, 0.1) is 23.8 Å². The highest BCUT2D eigenvalue weighted by molar-refractivity contribution is 5.87. The van der Waals surface area contributed by atoms with E-state index in [1.54, 1.807) is 12.1 Å². The molecule has 4 heterocycles. The number of rotatable bonds is 6. The Balaban J connectivity index is 1.24. The molecule has 0 radical (unpaired) electrons. The first kappa shape index (κ1) is 22.5. The molecule has 0 spiro atoms. The Morgan fingerprint density at radius 3 is 2.44 bits per heavy atom. The molecule has 5 rings (SSSR count). The third-order valence-corrected chi connectivity index (χ3v) is 7.14. The van der Waals surface area contributed by atoms with E-state index < -0.39 is 5.97 Å². The minimum absolute atomic E-state index is 0.148. The number of fused-ring (bicyclic) bond motifs is 1. The van der Waals surface area contributed by atoms with Crippen LogP contribution in [0.3, 0.4) is 0 Å². The molecule has 2 saturated heterocycles. The van der Waals surface area contributed by atoms with Crippen LogP contribution in [0.5, 0.6) is 5.75 Å². The molecule has 1 aromatic carbocycles. The number of para-hydroxylation sites is 1. The van der Waals surface area contributed by atoms with E-state index in [0.29, 0.717) is 28.5 Å². The van der Waals surface area contributed by atoms with Crippen LogP contribution in [0.4, 0.5) is 5.82 Å². The standard InChI is InChI=1S/C24H31N7O3/c25-24-23-20(13-19(26-27-23)18-3-1-2-4-21(18)32)31(28-24)17-7-11-29(12-8-17)14-16-5-9-30(10-6-16)15-22(33)34/h1-4,13,16-17,32H,5-12,14-15H2,(H2,25,28)(H,33,34). The fraction of sp³-hybridized carbons (Fsp3) is 0.500. The highest BCUT2D eigenvalue weighted by Crippen LogP contribution is 2.33. The summed E-state index contributed by atoms with van der Waals surface area (Å²) in [5.74, 6) is 0.421. The minimum Gasteiger partial charge on any atom is -0.507 e. The predicted molar refractivity (Wildman–Crippen MR) is 128 cm³/mol. The first-order valence-electron chi connectivity index (χ1n) is 11.9. The van der Waals surface area contributed by atoms with Crippen LogP contribution in [0.2, 0.25) is 0 Å². The lowest BCUT2D eigenvalue weighted by molar-refractivity contribution is -0.138. The van der Waals surface area contributed by atoms with Crippen LogP contribution in [0.1, 0.15) is 31.7 Å². The first-order valence-corrected chi connectivity index (χ1v) is 11.9. The zero-order valence-electron chi connectivity index (χ0n) is 19.2. The molecule has 2 fully saturated rings. The van der Waals surface area contributed by atoms with Crippen molar-refractivity contribution < 1.29 is 15.0 Å². The van der Waals surface area contributed by atoms with Crippen molar-refractivity contribution in [2.75, 3.05) is 45.0 Å². The summed E-state index contributed by atoms with van der Waals surface area (Å²) in [4.78, 5) is 15.5. The highest BCUT2D eigenvalue weighted by Gasteiger charge is 2.27. The highest BCUT2D eigenvalue weighted by atomic mass is 16.4. The number of hydrogen-bond donors (Lipinski definition) is 3. The lowest BCUT2D eigenvalue weighted by Gasteiger charge is -2.37. The SMILES string of the molecule is Nc1nn(C2CCN(CC3CCN(CC(=O)O)CC3)CC2)c2cc(-c3ccccc3O)nnc12. The van der Waals surface area contributed by atoms with Gasteiger partial charge in [-0.1, -0.05) is 12.1 Å². The summed E-state index contributed by atoms with van der Waals surface area (Å²) in [5, 5.41) is 32.4. The van der Waals surface area contributed by atoms with Crippen LogP contribution < -0.4 is 5.73 Å². The number of nitrogen functional groups attached to an aromatic ring is 1. The number of anilines is 1. The van der Waals surface area contributed by atoms with Gasteiger partial charge in [0.15, 0.2) is 11.3 Å². The molecule has 3 aromatic rings. The average Bonchev–Trinajstić information content (AvgIpc) is 3.16. The lowest BCUT2D eigenvalue weighted by Crippen LogP contribution is -2.43. The molecule has 0 bridgehead atoms. The summed E-state index contributed by atoms with van der Waals surface area (Å²) < 4.78 is 1.99. The zero-order valence-corrected chi connectivity index (χ0v) is 19.2. The van der Waals surface area contributed by atoms with Crippen molar-refractivity contribution in [1.29, 1.82) is 0 Å². The number of carbonyl (C=O) groups is 1. The molecule has 10 heteroatoms. The van der Waals surface area contributed by atoms with Crippen LogP contribution >= 0.6 is 0 Å². The number of piperidine rings is 2. The number of hydrogen-bond acceptors (Lipinski definition) is 8. The Kier molecular flexibility index (Phi) is 6.34. The summed E-state index contributed by atoms with van der Waals surface area (Å²) in [7, 11) is 0. The van der Waals surface area contributed by atoms with E-state index in [1.165, 1.54) is 0 Å². The largest absolute Gasteiger partial charge is 0.507 e. The van der Waals surface area contributed by atoms with Gasteiger partial charge in [0.25, 0.3) is 0 Å². The molecule has 2 aliphatic rings. The van der Waals surface area contributed by atoms with Gasteiger partial charge in [-0.25, -0.2) is 0 Å². The van der Waals surface area contributed by atoms with E-state index in [2.05, 4.69) is 20.2 Å². The number of phenolic OH excluding ortho intramolecular Hbond substituents is 1. The molecule has 0 atom stereocenters. The molecule has 180 valence electrons. The Labute approximate surface area is 198 Å². The normalized spacial score (nSPS) is 19.1. The molecule has 0 amide bonds. The van der Waals surface area contributed by atoms with Crippen molar-refractivity contribution in [1.82, 2.24) is 29.8 Å². The smallest absolute Gasteiger partial charge is 0.317 e. The van der Waals surface area contributed by atoms with E-state index in [-0.39, 0.29) is 18.3 Å². The van der Waals surface area contributed by atoms with Gasteiger partial charge in [0.2, 0.25) is 0 Å².